The summed E-state index contributed by atoms with van der Waals surface area (Å²) < 4.78 is 0.848. The van der Waals surface area contributed by atoms with Crippen LogP contribution in [0.3, 0.4) is 0 Å². The summed E-state index contributed by atoms with van der Waals surface area (Å²) in [5, 5.41) is 15.3. The number of nitrogens with zero attached hydrogens (tertiary/aromatic N) is 2. The zero-order chi connectivity index (χ0) is 13.4. The van der Waals surface area contributed by atoms with E-state index in [9.17, 15) is 0 Å². The second-order valence-electron chi connectivity index (χ2n) is 4.32. The van der Waals surface area contributed by atoms with Crippen LogP contribution < -0.4 is 10.6 Å². The van der Waals surface area contributed by atoms with Gasteiger partial charge in [-0.25, -0.2) is 4.98 Å². The van der Waals surface area contributed by atoms with Crippen molar-refractivity contribution in [3.63, 3.8) is 0 Å². The summed E-state index contributed by atoms with van der Waals surface area (Å²) in [7, 11) is 0. The molecule has 0 bridgehead atoms. The Labute approximate surface area is 117 Å². The molecule has 0 fully saturated rings. The molecule has 0 aromatic carbocycles. The van der Waals surface area contributed by atoms with E-state index in [1.165, 1.54) is 0 Å². The van der Waals surface area contributed by atoms with E-state index < -0.39 is 0 Å². The van der Waals surface area contributed by atoms with Crippen LogP contribution in [0, 0.1) is 5.92 Å². The Morgan fingerprint density at radius 2 is 2.22 bits per heavy atom. The maximum atomic E-state index is 8.86. The Kier molecular flexibility index (Phi) is 6.97. The number of aliphatic hydroxyl groups is 1. The van der Waals surface area contributed by atoms with Crippen LogP contribution in [0.25, 0.3) is 0 Å². The van der Waals surface area contributed by atoms with Crippen molar-refractivity contribution in [2.24, 2.45) is 5.92 Å². The van der Waals surface area contributed by atoms with Crippen LogP contribution in [0.1, 0.15) is 26.7 Å². The van der Waals surface area contributed by atoms with Crippen LogP contribution in [0.5, 0.6) is 0 Å². The second kappa shape index (κ2) is 8.26. The molecule has 0 radical (unpaired) electrons. The van der Waals surface area contributed by atoms with Gasteiger partial charge >= 0.3 is 0 Å². The zero-order valence-corrected chi connectivity index (χ0v) is 12.5. The highest BCUT2D eigenvalue weighted by molar-refractivity contribution is 9.10. The summed E-state index contributed by atoms with van der Waals surface area (Å²) in [4.78, 5) is 8.59. The van der Waals surface area contributed by atoms with Gasteiger partial charge < -0.3 is 15.7 Å². The third-order valence-corrected chi connectivity index (χ3v) is 3.10. The van der Waals surface area contributed by atoms with Gasteiger partial charge in [0.05, 0.1) is 4.47 Å². The highest BCUT2D eigenvalue weighted by Gasteiger charge is 2.06. The van der Waals surface area contributed by atoms with E-state index in [0.717, 1.165) is 36.2 Å². The van der Waals surface area contributed by atoms with Crippen LogP contribution in [0.4, 0.5) is 11.8 Å². The van der Waals surface area contributed by atoms with Gasteiger partial charge in [0, 0.05) is 25.9 Å². The molecule has 0 aliphatic heterocycles. The molecular weight excluding hydrogens is 296 g/mol. The van der Waals surface area contributed by atoms with Gasteiger partial charge in [0.2, 0.25) is 5.95 Å². The fourth-order valence-corrected chi connectivity index (χ4v) is 1.74. The molecule has 0 amide bonds. The lowest BCUT2D eigenvalue weighted by molar-refractivity contribution is 0.266. The molecule has 5 nitrogen and oxygen atoms in total. The van der Waals surface area contributed by atoms with Crippen LogP contribution in [0.15, 0.2) is 10.7 Å². The summed E-state index contributed by atoms with van der Waals surface area (Å²) in [5.41, 5.74) is 0. The molecular formula is C12H21BrN4O. The van der Waals surface area contributed by atoms with Gasteiger partial charge in [-0.15, -0.1) is 0 Å². The Morgan fingerprint density at radius 1 is 1.44 bits per heavy atom. The van der Waals surface area contributed by atoms with Crippen molar-refractivity contribution in [1.29, 1.82) is 0 Å². The molecule has 0 aliphatic rings. The monoisotopic (exact) mass is 316 g/mol. The lowest BCUT2D eigenvalue weighted by Crippen LogP contribution is -2.14. The van der Waals surface area contributed by atoms with Crippen molar-refractivity contribution in [2.45, 2.75) is 26.7 Å². The number of hydrogen-bond donors (Lipinski definition) is 3. The van der Waals surface area contributed by atoms with E-state index in [1.807, 2.05) is 0 Å². The van der Waals surface area contributed by atoms with E-state index in [1.54, 1.807) is 6.20 Å². The minimum atomic E-state index is 0.219. The maximum absolute atomic E-state index is 8.86. The van der Waals surface area contributed by atoms with Gasteiger partial charge in [0.1, 0.15) is 5.82 Å². The van der Waals surface area contributed by atoms with Crippen molar-refractivity contribution in [2.75, 3.05) is 30.3 Å². The van der Waals surface area contributed by atoms with Gasteiger partial charge in [-0.1, -0.05) is 13.8 Å². The molecule has 1 unspecified atom stereocenters. The third-order valence-electron chi connectivity index (χ3n) is 2.52. The Balaban J connectivity index is 2.57. The minimum absolute atomic E-state index is 0.219. The van der Waals surface area contributed by atoms with E-state index >= 15 is 0 Å². The number of rotatable bonds is 8. The molecule has 102 valence electrons. The predicted molar refractivity (Wildman–Crippen MR) is 77.9 cm³/mol. The molecule has 0 aliphatic carbocycles. The fraction of sp³-hybridized carbons (Fsp3) is 0.667. The summed E-state index contributed by atoms with van der Waals surface area (Å²) in [6, 6.07) is 0. The van der Waals surface area contributed by atoms with Gasteiger partial charge in [0.15, 0.2) is 0 Å². The van der Waals surface area contributed by atoms with Crippen LogP contribution >= 0.6 is 15.9 Å². The quantitative estimate of drug-likeness (QED) is 0.687. The van der Waals surface area contributed by atoms with E-state index in [4.69, 9.17) is 5.11 Å². The van der Waals surface area contributed by atoms with Gasteiger partial charge in [-0.2, -0.15) is 4.98 Å². The third kappa shape index (κ3) is 5.18. The second-order valence-corrected chi connectivity index (χ2v) is 5.17. The number of nitrogens with one attached hydrogen (secondary N) is 2. The minimum Gasteiger partial charge on any atom is -0.396 e. The van der Waals surface area contributed by atoms with Crippen molar-refractivity contribution in [3.05, 3.63) is 10.7 Å². The van der Waals surface area contributed by atoms with Crippen molar-refractivity contribution in [3.8, 4) is 0 Å². The zero-order valence-electron chi connectivity index (χ0n) is 10.9. The Morgan fingerprint density at radius 3 is 2.89 bits per heavy atom. The van der Waals surface area contributed by atoms with Crippen molar-refractivity contribution in [1.82, 2.24) is 9.97 Å². The van der Waals surface area contributed by atoms with Gasteiger partial charge in [-0.05, 0) is 34.7 Å². The molecule has 18 heavy (non-hydrogen) atoms. The standard InChI is InChI=1S/C12H21BrN4O/c1-3-5-14-12-16-8-10(13)11(17-12)15-7-9(2)4-6-18/h8-9,18H,3-7H2,1-2H3,(H2,14,15,16,17). The highest BCUT2D eigenvalue weighted by atomic mass is 79.9. The lowest BCUT2D eigenvalue weighted by atomic mass is 10.1. The summed E-state index contributed by atoms with van der Waals surface area (Å²) in [6.07, 6.45) is 3.57. The SMILES string of the molecule is CCCNc1ncc(Br)c(NCC(C)CCO)n1. The highest BCUT2D eigenvalue weighted by Crippen LogP contribution is 2.20. The summed E-state index contributed by atoms with van der Waals surface area (Å²) >= 11 is 3.42. The molecule has 1 heterocycles. The number of aromatic nitrogens is 2. The van der Waals surface area contributed by atoms with Crippen molar-refractivity contribution >= 4 is 27.7 Å². The average Bonchev–Trinajstić information content (AvgIpc) is 2.36. The lowest BCUT2D eigenvalue weighted by Gasteiger charge is -2.13. The predicted octanol–water partition coefficient (Wildman–Crippen LogP) is 2.49. The number of hydrogen-bond acceptors (Lipinski definition) is 5. The topological polar surface area (TPSA) is 70.1 Å². The van der Waals surface area contributed by atoms with Gasteiger partial charge in [0.25, 0.3) is 0 Å². The molecule has 1 aromatic rings. The summed E-state index contributed by atoms with van der Waals surface area (Å²) in [5.74, 6) is 1.83. The van der Waals surface area contributed by atoms with Gasteiger partial charge in [-0.3, -0.25) is 0 Å². The smallest absolute Gasteiger partial charge is 0.224 e. The first kappa shape index (κ1) is 15.2. The molecule has 0 spiro atoms. The molecule has 6 heteroatoms. The normalized spacial score (nSPS) is 12.2. The Hall–Kier alpha value is -0.880. The molecule has 3 N–H and O–H groups in total. The largest absolute Gasteiger partial charge is 0.396 e. The Bertz CT molecular complexity index is 362. The van der Waals surface area contributed by atoms with Crippen LogP contribution in [0.2, 0.25) is 0 Å². The fourth-order valence-electron chi connectivity index (χ4n) is 1.41. The molecule has 0 saturated heterocycles. The van der Waals surface area contributed by atoms with Crippen LogP contribution in [-0.2, 0) is 0 Å². The first-order valence-corrected chi connectivity index (χ1v) is 7.07. The van der Waals surface area contributed by atoms with E-state index in [-0.39, 0.29) is 6.61 Å². The van der Waals surface area contributed by atoms with E-state index in [2.05, 4.69) is 50.4 Å². The summed E-state index contributed by atoms with van der Waals surface area (Å²) in [6.45, 7) is 6.05. The van der Waals surface area contributed by atoms with Crippen molar-refractivity contribution < 1.29 is 5.11 Å². The number of anilines is 2. The first-order chi connectivity index (χ1) is 8.67. The molecule has 0 saturated carbocycles. The number of aliphatic hydroxyl groups excluding tert-OH is 1. The molecule has 1 rings (SSSR count). The van der Waals surface area contributed by atoms with E-state index in [0.29, 0.717) is 11.9 Å². The maximum Gasteiger partial charge on any atom is 0.224 e. The van der Waals surface area contributed by atoms with Crippen LogP contribution in [-0.4, -0.2) is 34.8 Å². The molecule has 1 atom stereocenters. The number of halogens is 1. The first-order valence-electron chi connectivity index (χ1n) is 6.28. The average molecular weight is 317 g/mol. The molecule has 1 aromatic heterocycles.